The first-order valence-electron chi connectivity index (χ1n) is 31.4. The van der Waals surface area contributed by atoms with Gasteiger partial charge in [0.1, 0.15) is 22.3 Å². The number of furan rings is 2. The molecule has 0 spiro atoms. The van der Waals surface area contributed by atoms with Gasteiger partial charge in [-0.1, -0.05) is 255 Å². The molecule has 92 heavy (non-hydrogen) atoms. The molecule has 0 aliphatic rings. The zero-order chi connectivity index (χ0) is 60.4. The van der Waals surface area contributed by atoms with Gasteiger partial charge in [0.2, 0.25) is 0 Å². The largest absolute Gasteiger partial charge is 0.455 e. The van der Waals surface area contributed by atoms with Crippen LogP contribution in [-0.4, -0.2) is 0 Å². The van der Waals surface area contributed by atoms with Gasteiger partial charge in [0, 0.05) is 84.1 Å². The van der Waals surface area contributed by atoms with Gasteiger partial charge in [-0.2, -0.15) is 0 Å². The number of hydrogen-bond donors (Lipinski definition) is 0. The molecular formula is C88H52O2S2. The van der Waals surface area contributed by atoms with Crippen molar-refractivity contribution in [2.75, 3.05) is 0 Å². The Bertz CT molecular complexity index is 6380. The average Bonchev–Trinajstić information content (AvgIpc) is 0.981. The van der Waals surface area contributed by atoms with E-state index in [4.69, 9.17) is 8.83 Å². The van der Waals surface area contributed by atoms with Crippen molar-refractivity contribution in [2.24, 2.45) is 0 Å². The molecule has 428 valence electrons. The van der Waals surface area contributed by atoms with Gasteiger partial charge in [-0.25, -0.2) is 0 Å². The van der Waals surface area contributed by atoms with E-state index in [9.17, 15) is 0 Å². The standard InChI is InChI=1S/C44H26O2.C44H26S2/c1-2-12-27(13-3-1)28-24-25-33-38(26-28)42(37-21-11-19-35-30-15-7-9-23-40(30)46-44(35)37)32-17-5-4-16-31(32)41(33)36-20-10-18-34-29-14-6-8-22-39(29)45-43(34)36;1-2-10-27(11-3-1)28-18-21-35-38(24-28)44(30-20-23-42-37(26-30)32-13-7-9-17-40(32)46-42)34-15-5-4-14-33(34)43(35)29-19-22-41-36(25-29)31-12-6-8-16-39(31)45-41/h2*1-26H. The average molecular weight is 1210 g/mol. The molecule has 0 saturated carbocycles. The van der Waals surface area contributed by atoms with Crippen LogP contribution in [-0.2, 0) is 0 Å². The van der Waals surface area contributed by atoms with Crippen LogP contribution in [0.3, 0.4) is 0 Å². The van der Waals surface area contributed by atoms with E-state index in [2.05, 4.69) is 303 Å². The molecule has 0 fully saturated rings. The van der Waals surface area contributed by atoms with E-state index in [1.54, 1.807) is 0 Å². The number of thiophene rings is 2. The normalized spacial score (nSPS) is 11.9. The molecule has 0 bridgehead atoms. The van der Waals surface area contributed by atoms with Crippen molar-refractivity contribution in [1.29, 1.82) is 0 Å². The van der Waals surface area contributed by atoms with Gasteiger partial charge in [-0.05, 0) is 148 Å². The topological polar surface area (TPSA) is 26.3 Å². The molecule has 0 radical (unpaired) electrons. The van der Waals surface area contributed by atoms with E-state index in [1.807, 2.05) is 34.8 Å². The summed E-state index contributed by atoms with van der Waals surface area (Å²) in [5.74, 6) is 0. The monoisotopic (exact) mass is 1200 g/mol. The maximum absolute atomic E-state index is 6.64. The van der Waals surface area contributed by atoms with Crippen LogP contribution in [0, 0.1) is 0 Å². The van der Waals surface area contributed by atoms with Gasteiger partial charge in [0.15, 0.2) is 0 Å². The van der Waals surface area contributed by atoms with Gasteiger partial charge < -0.3 is 8.83 Å². The van der Waals surface area contributed by atoms with E-state index in [1.165, 1.54) is 139 Å². The highest BCUT2D eigenvalue weighted by Crippen LogP contribution is 2.51. The second-order valence-electron chi connectivity index (χ2n) is 24.0. The molecular weight excluding hydrogens is 1150 g/mol. The maximum atomic E-state index is 6.64. The molecule has 20 aromatic rings. The SMILES string of the molecule is c1ccc(-c2ccc3c(-c4ccc5sc6ccccc6c5c4)c4ccccc4c(-c4ccc5sc6ccccc6c5c4)c3c2)cc1.c1ccc(-c2ccc3c(-c4cccc5c4oc4ccccc45)c4ccccc4c(-c4cccc5c4oc4ccccc45)c3c2)cc1. The lowest BCUT2D eigenvalue weighted by molar-refractivity contribution is 0.669. The molecule has 4 heteroatoms. The Kier molecular flexibility index (Phi) is 12.1. The van der Waals surface area contributed by atoms with Gasteiger partial charge in [0.25, 0.3) is 0 Å². The van der Waals surface area contributed by atoms with E-state index in [0.29, 0.717) is 0 Å². The summed E-state index contributed by atoms with van der Waals surface area (Å²) in [4.78, 5) is 0. The molecule has 20 rings (SSSR count). The van der Waals surface area contributed by atoms with Crippen LogP contribution in [0.1, 0.15) is 0 Å². The number of benzene rings is 16. The van der Waals surface area contributed by atoms with Crippen LogP contribution < -0.4 is 0 Å². The van der Waals surface area contributed by atoms with Gasteiger partial charge in [-0.15, -0.1) is 22.7 Å². The Balaban J connectivity index is 0.000000132. The van der Waals surface area contributed by atoms with Crippen molar-refractivity contribution < 1.29 is 8.83 Å². The van der Waals surface area contributed by atoms with Crippen LogP contribution in [0.5, 0.6) is 0 Å². The number of rotatable bonds is 6. The molecule has 0 saturated heterocycles. The quantitative estimate of drug-likeness (QED) is 0.155. The predicted octanol–water partition coefficient (Wildman–Crippen LogP) is 26.5. The molecule has 0 amide bonds. The van der Waals surface area contributed by atoms with Crippen molar-refractivity contribution in [2.45, 2.75) is 0 Å². The van der Waals surface area contributed by atoms with Crippen molar-refractivity contribution in [3.05, 3.63) is 315 Å². The smallest absolute Gasteiger partial charge is 0.143 e. The summed E-state index contributed by atoms with van der Waals surface area (Å²) >= 11 is 3.75. The summed E-state index contributed by atoms with van der Waals surface area (Å²) in [6, 6.07) is 115. The molecule has 4 heterocycles. The molecule has 0 atom stereocenters. The number of para-hydroxylation sites is 4. The zero-order valence-corrected chi connectivity index (χ0v) is 51.3. The van der Waals surface area contributed by atoms with Gasteiger partial charge in [-0.3, -0.25) is 0 Å². The maximum Gasteiger partial charge on any atom is 0.143 e. The van der Waals surface area contributed by atoms with Gasteiger partial charge >= 0.3 is 0 Å². The lowest BCUT2D eigenvalue weighted by Crippen LogP contribution is -1.92. The van der Waals surface area contributed by atoms with Gasteiger partial charge in [0.05, 0.1) is 0 Å². The Morgan fingerprint density at radius 3 is 0.967 bits per heavy atom. The van der Waals surface area contributed by atoms with Crippen molar-refractivity contribution >= 4 is 150 Å². The zero-order valence-electron chi connectivity index (χ0n) is 49.7. The fraction of sp³-hybridized carbons (Fsp3) is 0. The van der Waals surface area contributed by atoms with Crippen molar-refractivity contribution in [3.8, 4) is 66.8 Å². The van der Waals surface area contributed by atoms with Crippen molar-refractivity contribution in [1.82, 2.24) is 0 Å². The molecule has 2 nitrogen and oxygen atoms in total. The second-order valence-corrected chi connectivity index (χ2v) is 26.2. The van der Waals surface area contributed by atoms with Crippen LogP contribution in [0.25, 0.3) is 194 Å². The third-order valence-electron chi connectivity index (χ3n) is 18.9. The Morgan fingerprint density at radius 1 is 0.174 bits per heavy atom. The minimum atomic E-state index is 0.900. The van der Waals surface area contributed by atoms with E-state index in [-0.39, 0.29) is 0 Å². The highest BCUT2D eigenvalue weighted by molar-refractivity contribution is 7.26. The molecule has 0 aliphatic heterocycles. The second kappa shape index (κ2) is 21.1. The highest BCUT2D eigenvalue weighted by Gasteiger charge is 2.24. The van der Waals surface area contributed by atoms with Crippen LogP contribution in [0.2, 0.25) is 0 Å². The lowest BCUT2D eigenvalue weighted by Gasteiger charge is -2.19. The number of hydrogen-bond acceptors (Lipinski definition) is 4. The first-order valence-corrected chi connectivity index (χ1v) is 33.0. The lowest BCUT2D eigenvalue weighted by atomic mass is 9.84. The molecule has 0 unspecified atom stereocenters. The third kappa shape index (κ3) is 8.31. The first kappa shape index (κ1) is 52.5. The minimum absolute atomic E-state index is 0.900. The summed E-state index contributed by atoms with van der Waals surface area (Å²) in [7, 11) is 0. The predicted molar refractivity (Wildman–Crippen MR) is 396 cm³/mol. The third-order valence-corrected chi connectivity index (χ3v) is 21.2. The Morgan fingerprint density at radius 2 is 0.489 bits per heavy atom. The number of fused-ring (bicyclic) bond motifs is 16. The summed E-state index contributed by atoms with van der Waals surface area (Å²) in [5.41, 5.74) is 18.1. The molecule has 16 aromatic carbocycles. The minimum Gasteiger partial charge on any atom is -0.455 e. The Hall–Kier alpha value is -11.4. The van der Waals surface area contributed by atoms with Crippen LogP contribution >= 0.6 is 22.7 Å². The van der Waals surface area contributed by atoms with E-state index in [0.717, 1.165) is 55.0 Å². The summed E-state index contributed by atoms with van der Waals surface area (Å²) in [5, 5.41) is 19.7. The van der Waals surface area contributed by atoms with Crippen LogP contribution in [0.4, 0.5) is 0 Å². The molecule has 0 aliphatic carbocycles. The van der Waals surface area contributed by atoms with E-state index >= 15 is 0 Å². The fourth-order valence-corrected chi connectivity index (χ4v) is 17.0. The van der Waals surface area contributed by atoms with Crippen molar-refractivity contribution in [3.63, 3.8) is 0 Å². The molecule has 4 aromatic heterocycles. The van der Waals surface area contributed by atoms with Crippen LogP contribution in [0.15, 0.2) is 324 Å². The fourth-order valence-electron chi connectivity index (χ4n) is 14.8. The molecule has 0 N–H and O–H groups in total. The Labute approximate surface area is 537 Å². The summed E-state index contributed by atoms with van der Waals surface area (Å²) in [6.45, 7) is 0. The first-order chi connectivity index (χ1) is 45.6. The highest BCUT2D eigenvalue weighted by atomic mass is 32.1. The summed E-state index contributed by atoms with van der Waals surface area (Å²) in [6.07, 6.45) is 0. The summed E-state index contributed by atoms with van der Waals surface area (Å²) < 4.78 is 18.6. The van der Waals surface area contributed by atoms with E-state index < -0.39 is 0 Å².